The number of carbonyl (C=O) groups excluding carboxylic acids is 2. The van der Waals surface area contributed by atoms with Gasteiger partial charge < -0.3 is 15.2 Å². The number of rotatable bonds is 6. The molecule has 2 amide bonds. The maximum Gasteiger partial charge on any atom is 0.270 e. The third kappa shape index (κ3) is 4.11. The number of aromatic nitrogens is 1. The molecule has 0 radical (unpaired) electrons. The maximum atomic E-state index is 12.7. The van der Waals surface area contributed by atoms with Crippen LogP contribution in [0.4, 0.5) is 0 Å². The van der Waals surface area contributed by atoms with E-state index in [0.29, 0.717) is 17.3 Å². The van der Waals surface area contributed by atoms with E-state index in [0.717, 1.165) is 5.56 Å². The third-order valence-corrected chi connectivity index (χ3v) is 3.53. The molecule has 5 nitrogen and oxygen atoms in total. The summed E-state index contributed by atoms with van der Waals surface area (Å²) in [6, 6.07) is 11.2. The van der Waals surface area contributed by atoms with Gasteiger partial charge in [0.2, 0.25) is 5.91 Å². The van der Waals surface area contributed by atoms with E-state index in [1.807, 2.05) is 30.3 Å². The molecule has 22 heavy (non-hydrogen) atoms. The van der Waals surface area contributed by atoms with Gasteiger partial charge in [-0.3, -0.25) is 9.59 Å². The molecule has 0 aliphatic carbocycles. The fraction of sp³-hybridized carbons (Fsp3) is 0.250. The van der Waals surface area contributed by atoms with Crippen LogP contribution < -0.4 is 5.73 Å². The van der Waals surface area contributed by atoms with E-state index in [4.69, 9.17) is 17.3 Å². The van der Waals surface area contributed by atoms with Gasteiger partial charge in [0.15, 0.2) is 0 Å². The lowest BCUT2D eigenvalue weighted by molar-refractivity contribution is -0.118. The lowest BCUT2D eigenvalue weighted by atomic mass is 10.2. The highest BCUT2D eigenvalue weighted by Gasteiger charge is 2.20. The number of hydrogen-bond donors (Lipinski definition) is 1. The summed E-state index contributed by atoms with van der Waals surface area (Å²) < 4.78 is 1.67. The Bertz CT molecular complexity index is 667. The molecule has 0 spiro atoms. The second-order valence-electron chi connectivity index (χ2n) is 5.08. The van der Waals surface area contributed by atoms with Crippen molar-refractivity contribution in [1.82, 2.24) is 9.47 Å². The molecule has 1 aromatic heterocycles. The van der Waals surface area contributed by atoms with Crippen molar-refractivity contribution < 1.29 is 9.59 Å². The average Bonchev–Trinajstić information content (AvgIpc) is 2.82. The highest BCUT2D eigenvalue weighted by molar-refractivity contribution is 6.31. The first-order chi connectivity index (χ1) is 10.5. The van der Waals surface area contributed by atoms with Crippen molar-refractivity contribution >= 4 is 23.4 Å². The molecule has 0 aliphatic rings. The summed E-state index contributed by atoms with van der Waals surface area (Å²) in [5.41, 5.74) is 6.67. The molecule has 0 fully saturated rings. The van der Waals surface area contributed by atoms with Crippen LogP contribution in [0.1, 0.15) is 22.5 Å². The second-order valence-corrected chi connectivity index (χ2v) is 5.52. The molecule has 0 bridgehead atoms. The minimum atomic E-state index is -0.434. The summed E-state index contributed by atoms with van der Waals surface area (Å²) in [6.45, 7) is 0.682. The van der Waals surface area contributed by atoms with Crippen LogP contribution in [-0.4, -0.2) is 27.8 Å². The number of carbonyl (C=O) groups is 2. The number of halogens is 1. The van der Waals surface area contributed by atoms with Gasteiger partial charge in [0.25, 0.3) is 5.91 Å². The van der Waals surface area contributed by atoms with Crippen LogP contribution in [0.3, 0.4) is 0 Å². The molecular formula is C16H18ClN3O2. The first-order valence-electron chi connectivity index (χ1n) is 6.90. The smallest absolute Gasteiger partial charge is 0.270 e. The van der Waals surface area contributed by atoms with Crippen molar-refractivity contribution in [2.24, 2.45) is 12.8 Å². The van der Waals surface area contributed by atoms with Gasteiger partial charge in [-0.25, -0.2) is 0 Å². The summed E-state index contributed by atoms with van der Waals surface area (Å²) in [6.07, 6.45) is 1.79. The normalized spacial score (nSPS) is 10.5. The van der Waals surface area contributed by atoms with Gasteiger partial charge >= 0.3 is 0 Å². The molecule has 0 atom stereocenters. The van der Waals surface area contributed by atoms with E-state index in [1.165, 1.54) is 0 Å². The van der Waals surface area contributed by atoms with Gasteiger partial charge in [-0.15, -0.1) is 0 Å². The van der Waals surface area contributed by atoms with Gasteiger partial charge in [0.05, 0.1) is 5.02 Å². The van der Waals surface area contributed by atoms with Gasteiger partial charge in [-0.1, -0.05) is 41.9 Å². The summed E-state index contributed by atoms with van der Waals surface area (Å²) in [5.74, 6) is -0.615. The molecule has 1 aromatic carbocycles. The monoisotopic (exact) mass is 319 g/mol. The van der Waals surface area contributed by atoms with Gasteiger partial charge in [-0.05, 0) is 11.6 Å². The lowest BCUT2D eigenvalue weighted by Gasteiger charge is -2.22. The zero-order valence-corrected chi connectivity index (χ0v) is 13.1. The van der Waals surface area contributed by atoms with E-state index in [1.54, 1.807) is 28.8 Å². The number of benzene rings is 1. The fourth-order valence-corrected chi connectivity index (χ4v) is 2.45. The van der Waals surface area contributed by atoms with E-state index in [-0.39, 0.29) is 18.9 Å². The zero-order valence-electron chi connectivity index (χ0n) is 12.3. The molecule has 2 rings (SSSR count). The molecule has 6 heteroatoms. The summed E-state index contributed by atoms with van der Waals surface area (Å²) >= 11 is 5.94. The zero-order chi connectivity index (χ0) is 16.1. The lowest BCUT2D eigenvalue weighted by Crippen LogP contribution is -2.34. The van der Waals surface area contributed by atoms with Crippen LogP contribution in [-0.2, 0) is 18.4 Å². The molecule has 0 aliphatic heterocycles. The molecule has 116 valence electrons. The Morgan fingerprint density at radius 3 is 2.50 bits per heavy atom. The topological polar surface area (TPSA) is 68.3 Å². The second kappa shape index (κ2) is 7.13. The number of nitrogens with zero attached hydrogens (tertiary/aromatic N) is 2. The van der Waals surface area contributed by atoms with Crippen LogP contribution in [0.25, 0.3) is 0 Å². The van der Waals surface area contributed by atoms with E-state index in [2.05, 4.69) is 0 Å². The Kier molecular flexibility index (Phi) is 5.22. The highest BCUT2D eigenvalue weighted by atomic mass is 35.5. The van der Waals surface area contributed by atoms with Gasteiger partial charge in [0, 0.05) is 32.8 Å². The third-order valence-electron chi connectivity index (χ3n) is 3.32. The molecule has 0 saturated carbocycles. The van der Waals surface area contributed by atoms with Crippen LogP contribution in [0.5, 0.6) is 0 Å². The molecule has 2 aromatic rings. The molecule has 0 unspecified atom stereocenters. The number of primary amides is 1. The standard InChI is InChI=1S/C16H18ClN3O2/c1-19-11-13(17)9-14(19)16(22)20(8-7-15(18)21)10-12-5-3-2-4-6-12/h2-6,9,11H,7-8,10H2,1H3,(H2,18,21). The predicted octanol–water partition coefficient (Wildman–Crippen LogP) is 2.20. The minimum Gasteiger partial charge on any atom is -0.370 e. The fourth-order valence-electron chi connectivity index (χ4n) is 2.20. The largest absolute Gasteiger partial charge is 0.370 e. The number of nitrogens with two attached hydrogens (primary N) is 1. The first kappa shape index (κ1) is 16.1. The van der Waals surface area contributed by atoms with Crippen LogP contribution in [0.2, 0.25) is 5.02 Å². The van der Waals surface area contributed by atoms with Crippen molar-refractivity contribution in [2.45, 2.75) is 13.0 Å². The van der Waals surface area contributed by atoms with Crippen molar-refractivity contribution in [3.63, 3.8) is 0 Å². The first-order valence-corrected chi connectivity index (χ1v) is 7.28. The van der Waals surface area contributed by atoms with E-state index >= 15 is 0 Å². The van der Waals surface area contributed by atoms with Gasteiger partial charge in [-0.2, -0.15) is 0 Å². The summed E-state index contributed by atoms with van der Waals surface area (Å²) in [5, 5.41) is 0.500. The number of aryl methyl sites for hydroxylation is 1. The van der Waals surface area contributed by atoms with E-state index < -0.39 is 5.91 Å². The van der Waals surface area contributed by atoms with E-state index in [9.17, 15) is 9.59 Å². The van der Waals surface area contributed by atoms with Crippen LogP contribution in [0.15, 0.2) is 42.6 Å². The van der Waals surface area contributed by atoms with Crippen molar-refractivity contribution in [1.29, 1.82) is 0 Å². The predicted molar refractivity (Wildman–Crippen MR) is 85.4 cm³/mol. The summed E-state index contributed by atoms with van der Waals surface area (Å²) in [4.78, 5) is 25.3. The number of hydrogen-bond acceptors (Lipinski definition) is 2. The Labute approximate surface area is 134 Å². The Hall–Kier alpha value is -2.27. The minimum absolute atomic E-state index is 0.122. The molecule has 1 heterocycles. The quantitative estimate of drug-likeness (QED) is 0.886. The molecular weight excluding hydrogens is 302 g/mol. The Balaban J connectivity index is 2.21. The summed E-state index contributed by atoms with van der Waals surface area (Å²) in [7, 11) is 1.76. The number of amides is 2. The SMILES string of the molecule is Cn1cc(Cl)cc1C(=O)N(CCC(N)=O)Cc1ccccc1. The molecule has 2 N–H and O–H groups in total. The highest BCUT2D eigenvalue weighted by Crippen LogP contribution is 2.16. The van der Waals surface area contributed by atoms with Crippen LogP contribution >= 0.6 is 11.6 Å². The average molecular weight is 320 g/mol. The van der Waals surface area contributed by atoms with Crippen molar-refractivity contribution in [3.05, 3.63) is 58.9 Å². The molecule has 0 saturated heterocycles. The van der Waals surface area contributed by atoms with Crippen molar-refractivity contribution in [2.75, 3.05) is 6.54 Å². The van der Waals surface area contributed by atoms with Crippen LogP contribution in [0, 0.1) is 0 Å². The van der Waals surface area contributed by atoms with Crippen molar-refractivity contribution in [3.8, 4) is 0 Å². The van der Waals surface area contributed by atoms with Gasteiger partial charge in [0.1, 0.15) is 5.69 Å². The Morgan fingerprint density at radius 2 is 1.95 bits per heavy atom. The maximum absolute atomic E-state index is 12.7. The Morgan fingerprint density at radius 1 is 1.27 bits per heavy atom.